The number of hydrogen-bond acceptors (Lipinski definition) is 3. The van der Waals surface area contributed by atoms with E-state index in [1.165, 1.54) is 12.7 Å². The Morgan fingerprint density at radius 2 is 2.17 bits per heavy atom. The second kappa shape index (κ2) is 3.57. The molecule has 94 valence electrons. The number of imidazole rings is 1. The first-order valence-corrected chi connectivity index (χ1v) is 6.10. The van der Waals surface area contributed by atoms with Crippen LogP contribution in [-0.2, 0) is 22.0 Å². The van der Waals surface area contributed by atoms with E-state index in [9.17, 15) is 4.79 Å². The molecule has 0 unspecified atom stereocenters. The molecule has 1 saturated carbocycles. The second-order valence-electron chi connectivity index (χ2n) is 5.06. The first kappa shape index (κ1) is 11.3. The molecule has 1 heterocycles. The maximum Gasteiger partial charge on any atom is 0.319 e. The lowest BCUT2D eigenvalue weighted by Gasteiger charge is -2.12. The van der Waals surface area contributed by atoms with Crippen molar-refractivity contribution in [3.8, 4) is 0 Å². The SMILES string of the molecule is COC(=O)C1(c2nc3cc(C)ccc3n2C)CC1. The third-order valence-corrected chi connectivity index (χ3v) is 3.79. The van der Waals surface area contributed by atoms with Crippen LogP contribution in [-0.4, -0.2) is 22.6 Å². The first-order chi connectivity index (χ1) is 8.58. The van der Waals surface area contributed by atoms with Gasteiger partial charge in [-0.2, -0.15) is 0 Å². The van der Waals surface area contributed by atoms with Gasteiger partial charge in [0.1, 0.15) is 11.2 Å². The van der Waals surface area contributed by atoms with Crippen molar-refractivity contribution in [3.63, 3.8) is 0 Å². The van der Waals surface area contributed by atoms with Crippen molar-refractivity contribution in [1.82, 2.24) is 9.55 Å². The standard InChI is InChI=1S/C14H16N2O2/c1-9-4-5-11-10(8-9)15-12(16(11)2)14(6-7-14)13(17)18-3/h4-5,8H,6-7H2,1-3H3. The highest BCUT2D eigenvalue weighted by molar-refractivity contribution is 5.87. The van der Waals surface area contributed by atoms with E-state index in [2.05, 4.69) is 17.1 Å². The third kappa shape index (κ3) is 1.38. The molecule has 0 spiro atoms. The summed E-state index contributed by atoms with van der Waals surface area (Å²) in [7, 11) is 3.40. The highest BCUT2D eigenvalue weighted by Crippen LogP contribution is 2.49. The third-order valence-electron chi connectivity index (χ3n) is 3.79. The number of rotatable bonds is 2. The molecule has 1 fully saturated rings. The molecule has 2 aromatic rings. The molecule has 0 amide bonds. The van der Waals surface area contributed by atoms with Crippen LogP contribution in [0.1, 0.15) is 24.2 Å². The number of esters is 1. The largest absolute Gasteiger partial charge is 0.468 e. The lowest BCUT2D eigenvalue weighted by molar-refractivity contribution is -0.143. The molecule has 0 saturated heterocycles. The van der Waals surface area contributed by atoms with Crippen molar-refractivity contribution in [2.75, 3.05) is 7.11 Å². The van der Waals surface area contributed by atoms with Crippen molar-refractivity contribution in [3.05, 3.63) is 29.6 Å². The Hall–Kier alpha value is -1.84. The van der Waals surface area contributed by atoms with E-state index < -0.39 is 5.41 Å². The fraction of sp³-hybridized carbons (Fsp3) is 0.429. The van der Waals surface area contributed by atoms with Gasteiger partial charge in [-0.3, -0.25) is 4.79 Å². The van der Waals surface area contributed by atoms with E-state index in [0.29, 0.717) is 0 Å². The maximum absolute atomic E-state index is 11.9. The van der Waals surface area contributed by atoms with Gasteiger partial charge in [-0.05, 0) is 37.5 Å². The van der Waals surface area contributed by atoms with E-state index in [1.807, 2.05) is 24.6 Å². The zero-order valence-electron chi connectivity index (χ0n) is 10.9. The van der Waals surface area contributed by atoms with Crippen molar-refractivity contribution in [2.24, 2.45) is 7.05 Å². The van der Waals surface area contributed by atoms with Crippen LogP contribution in [0, 0.1) is 6.92 Å². The van der Waals surface area contributed by atoms with Crippen LogP contribution in [0.4, 0.5) is 0 Å². The first-order valence-electron chi connectivity index (χ1n) is 6.10. The van der Waals surface area contributed by atoms with Crippen LogP contribution in [0.2, 0.25) is 0 Å². The summed E-state index contributed by atoms with van der Waals surface area (Å²) >= 11 is 0. The predicted octanol–water partition coefficient (Wildman–Crippen LogP) is 2.09. The second-order valence-corrected chi connectivity index (χ2v) is 5.06. The quantitative estimate of drug-likeness (QED) is 0.760. The number of nitrogens with zero attached hydrogens (tertiary/aromatic N) is 2. The predicted molar refractivity (Wildman–Crippen MR) is 68.4 cm³/mol. The summed E-state index contributed by atoms with van der Waals surface area (Å²) in [5.41, 5.74) is 2.68. The van der Waals surface area contributed by atoms with Crippen molar-refractivity contribution in [2.45, 2.75) is 25.2 Å². The van der Waals surface area contributed by atoms with Gasteiger partial charge in [-0.1, -0.05) is 6.07 Å². The van der Waals surface area contributed by atoms with E-state index in [1.54, 1.807) is 0 Å². The van der Waals surface area contributed by atoms with Gasteiger partial charge >= 0.3 is 5.97 Å². The summed E-state index contributed by atoms with van der Waals surface area (Å²) in [6.45, 7) is 2.04. The smallest absolute Gasteiger partial charge is 0.319 e. The number of fused-ring (bicyclic) bond motifs is 1. The molecule has 18 heavy (non-hydrogen) atoms. The molecular formula is C14H16N2O2. The minimum absolute atomic E-state index is 0.169. The highest BCUT2D eigenvalue weighted by atomic mass is 16.5. The Labute approximate surface area is 106 Å². The monoisotopic (exact) mass is 244 g/mol. The molecular weight excluding hydrogens is 228 g/mol. The molecule has 1 aliphatic rings. The summed E-state index contributed by atoms with van der Waals surface area (Å²) < 4.78 is 6.93. The number of aryl methyl sites for hydroxylation is 2. The molecule has 0 atom stereocenters. The van der Waals surface area contributed by atoms with Crippen LogP contribution >= 0.6 is 0 Å². The van der Waals surface area contributed by atoms with Crippen LogP contribution < -0.4 is 0 Å². The summed E-state index contributed by atoms with van der Waals surface area (Å²) in [5.74, 6) is 0.660. The summed E-state index contributed by atoms with van der Waals surface area (Å²) in [6.07, 6.45) is 1.66. The summed E-state index contributed by atoms with van der Waals surface area (Å²) in [6, 6.07) is 6.16. The van der Waals surface area contributed by atoms with E-state index in [0.717, 1.165) is 29.7 Å². The number of benzene rings is 1. The Morgan fingerprint density at radius 1 is 1.44 bits per heavy atom. The topological polar surface area (TPSA) is 44.1 Å². The van der Waals surface area contributed by atoms with E-state index >= 15 is 0 Å². The van der Waals surface area contributed by atoms with Crippen LogP contribution in [0.15, 0.2) is 18.2 Å². The summed E-state index contributed by atoms with van der Waals surface area (Å²) in [4.78, 5) is 16.6. The number of carbonyl (C=O) groups excluding carboxylic acids is 1. The van der Waals surface area contributed by atoms with Gasteiger partial charge < -0.3 is 9.30 Å². The number of hydrogen-bond donors (Lipinski definition) is 0. The highest BCUT2D eigenvalue weighted by Gasteiger charge is 2.55. The van der Waals surface area contributed by atoms with Gasteiger partial charge in [0.05, 0.1) is 18.1 Å². The number of methoxy groups -OCH3 is 1. The van der Waals surface area contributed by atoms with Crippen LogP contribution in [0.25, 0.3) is 11.0 Å². The van der Waals surface area contributed by atoms with E-state index in [4.69, 9.17) is 4.74 Å². The van der Waals surface area contributed by atoms with Crippen molar-refractivity contribution >= 4 is 17.0 Å². The molecule has 0 aliphatic heterocycles. The normalized spacial score (nSPS) is 16.8. The van der Waals surface area contributed by atoms with Crippen molar-refractivity contribution < 1.29 is 9.53 Å². The minimum Gasteiger partial charge on any atom is -0.468 e. The average molecular weight is 244 g/mol. The van der Waals surface area contributed by atoms with Gasteiger partial charge in [0.25, 0.3) is 0 Å². The fourth-order valence-electron chi connectivity index (χ4n) is 2.58. The maximum atomic E-state index is 11.9. The molecule has 1 aromatic heterocycles. The van der Waals surface area contributed by atoms with Gasteiger partial charge in [-0.15, -0.1) is 0 Å². The Kier molecular flexibility index (Phi) is 2.24. The van der Waals surface area contributed by atoms with Gasteiger partial charge in [0.15, 0.2) is 0 Å². The molecule has 4 heteroatoms. The zero-order valence-corrected chi connectivity index (χ0v) is 10.9. The molecule has 1 aromatic carbocycles. The Balaban J connectivity index is 2.19. The molecule has 1 aliphatic carbocycles. The van der Waals surface area contributed by atoms with Gasteiger partial charge in [-0.25, -0.2) is 4.98 Å². The molecule has 0 radical (unpaired) electrons. The van der Waals surface area contributed by atoms with Crippen molar-refractivity contribution in [1.29, 1.82) is 0 Å². The Morgan fingerprint density at radius 3 is 2.78 bits per heavy atom. The minimum atomic E-state index is -0.504. The fourth-order valence-corrected chi connectivity index (χ4v) is 2.58. The number of aromatic nitrogens is 2. The summed E-state index contributed by atoms with van der Waals surface area (Å²) in [5, 5.41) is 0. The van der Waals surface area contributed by atoms with Crippen LogP contribution in [0.5, 0.6) is 0 Å². The molecule has 0 bridgehead atoms. The molecule has 4 nitrogen and oxygen atoms in total. The molecule has 3 rings (SSSR count). The zero-order chi connectivity index (χ0) is 12.9. The number of ether oxygens (including phenoxy) is 1. The molecule has 0 N–H and O–H groups in total. The van der Waals surface area contributed by atoms with Crippen LogP contribution in [0.3, 0.4) is 0 Å². The van der Waals surface area contributed by atoms with Gasteiger partial charge in [0, 0.05) is 7.05 Å². The number of carbonyl (C=O) groups is 1. The Bertz CT molecular complexity index is 639. The van der Waals surface area contributed by atoms with Gasteiger partial charge in [0.2, 0.25) is 0 Å². The lowest BCUT2D eigenvalue weighted by atomic mass is 10.1. The van der Waals surface area contributed by atoms with E-state index in [-0.39, 0.29) is 5.97 Å². The average Bonchev–Trinajstić information content (AvgIpc) is 3.10. The lowest BCUT2D eigenvalue weighted by Crippen LogP contribution is -2.25.